The summed E-state index contributed by atoms with van der Waals surface area (Å²) in [5.74, 6) is 0.217. The standard InChI is InChI=1S/C26H33FN4O5/c1-17(2)28-26(33)30(12-13-34-3)16-25(32)31-22(18-10-11-23(35-4)24(14-18)36-5)15-21(29-31)19-8-6-7-9-20(19)27/h6-11,14,17,22H,12-13,15-16H2,1-5H3,(H,28,33)/t22-/m0/s1. The van der Waals surface area contributed by atoms with E-state index in [0.717, 1.165) is 5.56 Å². The summed E-state index contributed by atoms with van der Waals surface area (Å²) in [7, 11) is 4.60. The molecule has 0 bridgehead atoms. The van der Waals surface area contributed by atoms with E-state index in [9.17, 15) is 14.0 Å². The average Bonchev–Trinajstić information content (AvgIpc) is 3.31. The zero-order chi connectivity index (χ0) is 26.2. The predicted octanol–water partition coefficient (Wildman–Crippen LogP) is 3.59. The molecule has 0 unspecified atom stereocenters. The fraction of sp³-hybridized carbons (Fsp3) is 0.423. The lowest BCUT2D eigenvalue weighted by molar-refractivity contribution is -0.133. The minimum Gasteiger partial charge on any atom is -0.493 e. The lowest BCUT2D eigenvalue weighted by Crippen LogP contribution is -2.48. The van der Waals surface area contributed by atoms with E-state index in [4.69, 9.17) is 14.2 Å². The molecule has 194 valence electrons. The van der Waals surface area contributed by atoms with E-state index in [1.165, 1.54) is 30.2 Å². The smallest absolute Gasteiger partial charge is 0.318 e. The van der Waals surface area contributed by atoms with Crippen molar-refractivity contribution in [1.29, 1.82) is 0 Å². The highest BCUT2D eigenvalue weighted by molar-refractivity contribution is 6.03. The van der Waals surface area contributed by atoms with Crippen molar-refractivity contribution in [2.45, 2.75) is 32.4 Å². The van der Waals surface area contributed by atoms with Crippen molar-refractivity contribution < 1.29 is 28.2 Å². The number of benzene rings is 2. The fourth-order valence-electron chi connectivity index (χ4n) is 3.95. The molecule has 1 N–H and O–H groups in total. The first-order chi connectivity index (χ1) is 17.3. The van der Waals surface area contributed by atoms with Crippen LogP contribution >= 0.6 is 0 Å². The van der Waals surface area contributed by atoms with Crippen LogP contribution in [0.4, 0.5) is 9.18 Å². The minimum atomic E-state index is -0.524. The van der Waals surface area contributed by atoms with Crippen LogP contribution in [0.3, 0.4) is 0 Å². The first kappa shape index (κ1) is 26.9. The second-order valence-corrected chi connectivity index (χ2v) is 8.62. The number of rotatable bonds is 10. The number of methoxy groups -OCH3 is 3. The predicted molar refractivity (Wildman–Crippen MR) is 134 cm³/mol. The molecule has 0 radical (unpaired) electrons. The number of urea groups is 1. The second kappa shape index (κ2) is 12.3. The zero-order valence-corrected chi connectivity index (χ0v) is 21.3. The van der Waals surface area contributed by atoms with Crippen LogP contribution in [0.1, 0.15) is 37.4 Å². The number of halogens is 1. The van der Waals surface area contributed by atoms with Gasteiger partial charge in [0.25, 0.3) is 5.91 Å². The molecule has 1 atom stereocenters. The Morgan fingerprint density at radius 3 is 2.50 bits per heavy atom. The third-order valence-corrected chi connectivity index (χ3v) is 5.73. The molecule has 9 nitrogen and oxygen atoms in total. The lowest BCUT2D eigenvalue weighted by Gasteiger charge is -2.27. The van der Waals surface area contributed by atoms with Crippen molar-refractivity contribution >= 4 is 17.6 Å². The van der Waals surface area contributed by atoms with Crippen molar-refractivity contribution in [3.63, 3.8) is 0 Å². The second-order valence-electron chi connectivity index (χ2n) is 8.62. The number of amides is 3. The molecule has 10 heteroatoms. The SMILES string of the molecule is COCCN(CC(=O)N1N=C(c2ccccc2F)C[C@H]1c1ccc(OC)c(OC)c1)C(=O)NC(C)C. The lowest BCUT2D eigenvalue weighted by atomic mass is 9.97. The molecular weight excluding hydrogens is 467 g/mol. The molecule has 0 aliphatic carbocycles. The van der Waals surface area contributed by atoms with E-state index in [2.05, 4.69) is 10.4 Å². The first-order valence-electron chi connectivity index (χ1n) is 11.7. The van der Waals surface area contributed by atoms with E-state index >= 15 is 0 Å². The summed E-state index contributed by atoms with van der Waals surface area (Å²) < 4.78 is 30.5. The molecule has 3 rings (SSSR count). The van der Waals surface area contributed by atoms with Gasteiger partial charge in [0.05, 0.1) is 32.6 Å². The Labute approximate surface area is 210 Å². The van der Waals surface area contributed by atoms with Gasteiger partial charge in [0, 0.05) is 31.7 Å². The van der Waals surface area contributed by atoms with Crippen LogP contribution in [-0.4, -0.2) is 74.6 Å². The van der Waals surface area contributed by atoms with Crippen LogP contribution in [0.25, 0.3) is 0 Å². The van der Waals surface area contributed by atoms with Crippen LogP contribution in [0.5, 0.6) is 11.5 Å². The molecule has 0 saturated carbocycles. The highest BCUT2D eigenvalue weighted by atomic mass is 19.1. The van der Waals surface area contributed by atoms with Gasteiger partial charge in [-0.2, -0.15) is 5.10 Å². The Morgan fingerprint density at radius 1 is 1.14 bits per heavy atom. The van der Waals surface area contributed by atoms with Crippen LogP contribution in [-0.2, 0) is 9.53 Å². The Bertz CT molecular complexity index is 1110. The molecule has 2 aromatic carbocycles. The summed E-state index contributed by atoms with van der Waals surface area (Å²) in [4.78, 5) is 27.6. The van der Waals surface area contributed by atoms with Crippen molar-refractivity contribution in [2.24, 2.45) is 5.10 Å². The first-order valence-corrected chi connectivity index (χ1v) is 11.7. The van der Waals surface area contributed by atoms with Crippen molar-refractivity contribution in [3.8, 4) is 11.5 Å². The van der Waals surface area contributed by atoms with Crippen molar-refractivity contribution in [3.05, 3.63) is 59.4 Å². The molecule has 36 heavy (non-hydrogen) atoms. The zero-order valence-electron chi connectivity index (χ0n) is 21.3. The molecule has 3 amide bonds. The maximum Gasteiger partial charge on any atom is 0.318 e. The van der Waals surface area contributed by atoms with Gasteiger partial charge < -0.3 is 24.4 Å². The van der Waals surface area contributed by atoms with Gasteiger partial charge >= 0.3 is 6.03 Å². The number of nitrogens with zero attached hydrogens (tertiary/aromatic N) is 3. The molecule has 1 aliphatic heterocycles. The van der Waals surface area contributed by atoms with Crippen molar-refractivity contribution in [2.75, 3.05) is 41.0 Å². The molecule has 1 heterocycles. The maximum absolute atomic E-state index is 14.6. The molecule has 2 aromatic rings. The minimum absolute atomic E-state index is 0.102. The fourth-order valence-corrected chi connectivity index (χ4v) is 3.95. The van der Waals surface area contributed by atoms with Gasteiger partial charge in [-0.25, -0.2) is 14.2 Å². The highest BCUT2D eigenvalue weighted by Gasteiger charge is 2.35. The molecule has 1 aliphatic rings. The summed E-state index contributed by atoms with van der Waals surface area (Å²) in [6.07, 6.45) is 0.290. The van der Waals surface area contributed by atoms with Gasteiger partial charge in [-0.15, -0.1) is 0 Å². The van der Waals surface area contributed by atoms with Gasteiger partial charge in [-0.3, -0.25) is 4.79 Å². The number of hydrazone groups is 1. The van der Waals surface area contributed by atoms with E-state index in [0.29, 0.717) is 29.2 Å². The Hall–Kier alpha value is -3.66. The van der Waals surface area contributed by atoms with Gasteiger partial charge in [-0.05, 0) is 37.6 Å². The van der Waals surface area contributed by atoms with Crippen LogP contribution in [0.15, 0.2) is 47.6 Å². The topological polar surface area (TPSA) is 92.7 Å². The Kier molecular flexibility index (Phi) is 9.24. The molecule has 0 aromatic heterocycles. The normalized spacial score (nSPS) is 15.0. The third kappa shape index (κ3) is 6.31. The molecule has 0 saturated heterocycles. The van der Waals surface area contributed by atoms with E-state index in [1.54, 1.807) is 37.4 Å². The van der Waals surface area contributed by atoms with Gasteiger partial charge in [0.1, 0.15) is 12.4 Å². The highest BCUT2D eigenvalue weighted by Crippen LogP contribution is 2.37. The van der Waals surface area contributed by atoms with Crippen LogP contribution in [0.2, 0.25) is 0 Å². The quantitative estimate of drug-likeness (QED) is 0.538. The van der Waals surface area contributed by atoms with Crippen molar-refractivity contribution in [1.82, 2.24) is 15.2 Å². The largest absolute Gasteiger partial charge is 0.493 e. The number of hydrogen-bond donors (Lipinski definition) is 1. The number of carbonyl (C=O) groups is 2. The van der Waals surface area contributed by atoms with E-state index in [1.807, 2.05) is 19.9 Å². The summed E-state index contributed by atoms with van der Waals surface area (Å²) >= 11 is 0. The van der Waals surface area contributed by atoms with E-state index < -0.39 is 17.8 Å². The summed E-state index contributed by atoms with van der Waals surface area (Å²) in [6, 6.07) is 10.7. The number of ether oxygens (including phenoxy) is 3. The van der Waals surface area contributed by atoms with Gasteiger partial charge in [0.2, 0.25) is 0 Å². The number of carbonyl (C=O) groups excluding carboxylic acids is 2. The molecule has 0 spiro atoms. The molecular formula is C26H33FN4O5. The van der Waals surface area contributed by atoms with Crippen LogP contribution in [0, 0.1) is 5.82 Å². The molecule has 0 fully saturated rings. The van der Waals surface area contributed by atoms with Gasteiger partial charge in [0.15, 0.2) is 11.5 Å². The van der Waals surface area contributed by atoms with Gasteiger partial charge in [-0.1, -0.05) is 24.3 Å². The van der Waals surface area contributed by atoms with E-state index in [-0.39, 0.29) is 31.8 Å². The number of hydrogen-bond acceptors (Lipinski definition) is 6. The maximum atomic E-state index is 14.6. The average molecular weight is 501 g/mol. The summed E-state index contributed by atoms with van der Waals surface area (Å²) in [5.41, 5.74) is 1.51. The number of nitrogens with one attached hydrogen (secondary N) is 1. The summed E-state index contributed by atoms with van der Waals surface area (Å²) in [6.45, 7) is 3.94. The monoisotopic (exact) mass is 500 g/mol. The Balaban J connectivity index is 1.96. The Morgan fingerprint density at radius 2 is 1.86 bits per heavy atom. The third-order valence-electron chi connectivity index (χ3n) is 5.73. The van der Waals surface area contributed by atoms with Crippen LogP contribution < -0.4 is 14.8 Å². The summed E-state index contributed by atoms with van der Waals surface area (Å²) in [5, 5.41) is 8.66.